The molecule has 0 N–H and O–H groups in total. The molecule has 0 radical (unpaired) electrons. The van der Waals surface area contributed by atoms with Crippen LogP contribution in [0.3, 0.4) is 0 Å². The zero-order valence-corrected chi connectivity index (χ0v) is 9.27. The van der Waals surface area contributed by atoms with Crippen LogP contribution in [-0.4, -0.2) is 36.3 Å². The van der Waals surface area contributed by atoms with Crippen LogP contribution in [0.1, 0.15) is 0 Å². The highest BCUT2D eigenvalue weighted by Crippen LogP contribution is 2.11. The van der Waals surface area contributed by atoms with Crippen LogP contribution in [0.15, 0.2) is 12.4 Å². The summed E-state index contributed by atoms with van der Waals surface area (Å²) in [7, 11) is 0. The van der Waals surface area contributed by atoms with E-state index in [9.17, 15) is 0 Å². The molecule has 1 saturated heterocycles. The van der Waals surface area contributed by atoms with Crippen LogP contribution in [0, 0.1) is 3.70 Å². The zero-order chi connectivity index (χ0) is 9.10. The van der Waals surface area contributed by atoms with Crippen LogP contribution in [0.2, 0.25) is 0 Å². The van der Waals surface area contributed by atoms with Gasteiger partial charge in [0, 0.05) is 13.1 Å². The van der Waals surface area contributed by atoms with Crippen LogP contribution in [0.4, 0.5) is 5.82 Å². The summed E-state index contributed by atoms with van der Waals surface area (Å²) in [5.74, 6) is 0.948. The van der Waals surface area contributed by atoms with Crippen molar-refractivity contribution in [3.05, 3.63) is 16.1 Å². The summed E-state index contributed by atoms with van der Waals surface area (Å²) in [6.45, 7) is 3.39. The normalized spacial score (nSPS) is 17.5. The number of hydrogen-bond donors (Lipinski definition) is 0. The molecule has 1 aromatic heterocycles. The second kappa shape index (κ2) is 4.19. The van der Waals surface area contributed by atoms with Gasteiger partial charge in [-0.25, -0.2) is 9.97 Å². The van der Waals surface area contributed by atoms with Gasteiger partial charge in [-0.1, -0.05) is 0 Å². The molecule has 1 aliphatic rings. The Bertz CT molecular complexity index is 271. The quantitative estimate of drug-likeness (QED) is 0.721. The van der Waals surface area contributed by atoms with Crippen molar-refractivity contribution in [2.75, 3.05) is 31.2 Å². The van der Waals surface area contributed by atoms with Gasteiger partial charge in [0.1, 0.15) is 9.52 Å². The fourth-order valence-corrected chi connectivity index (χ4v) is 1.54. The van der Waals surface area contributed by atoms with Crippen LogP contribution >= 0.6 is 22.6 Å². The average Bonchev–Trinajstić information content (AvgIpc) is 2.20. The molecular formula is C8H10IN3O. The maximum absolute atomic E-state index is 5.25. The summed E-state index contributed by atoms with van der Waals surface area (Å²) < 4.78 is 6.18. The van der Waals surface area contributed by atoms with Crippen molar-refractivity contribution in [1.29, 1.82) is 0 Å². The van der Waals surface area contributed by atoms with Crippen LogP contribution in [0.5, 0.6) is 0 Å². The van der Waals surface area contributed by atoms with Gasteiger partial charge < -0.3 is 9.64 Å². The van der Waals surface area contributed by atoms with Gasteiger partial charge in [0.2, 0.25) is 0 Å². The van der Waals surface area contributed by atoms with Gasteiger partial charge in [-0.05, 0) is 22.6 Å². The van der Waals surface area contributed by atoms with Crippen molar-refractivity contribution in [1.82, 2.24) is 9.97 Å². The minimum Gasteiger partial charge on any atom is -0.378 e. The second-order valence-electron chi connectivity index (χ2n) is 2.80. The number of nitrogens with zero attached hydrogens (tertiary/aromatic N) is 3. The van der Waals surface area contributed by atoms with Crippen molar-refractivity contribution in [3.8, 4) is 0 Å². The first-order valence-corrected chi connectivity index (χ1v) is 5.24. The molecule has 0 unspecified atom stereocenters. The summed E-state index contributed by atoms with van der Waals surface area (Å²) in [5, 5.41) is 0. The van der Waals surface area contributed by atoms with Crippen molar-refractivity contribution in [2.24, 2.45) is 0 Å². The minimum atomic E-state index is 0.785. The Morgan fingerprint density at radius 3 is 2.62 bits per heavy atom. The van der Waals surface area contributed by atoms with Crippen LogP contribution in [-0.2, 0) is 4.74 Å². The lowest BCUT2D eigenvalue weighted by Gasteiger charge is -2.27. The highest BCUT2D eigenvalue weighted by molar-refractivity contribution is 14.1. The molecule has 0 spiro atoms. The lowest BCUT2D eigenvalue weighted by atomic mass is 10.4. The van der Waals surface area contributed by atoms with E-state index in [0.717, 1.165) is 35.8 Å². The third-order valence-corrected chi connectivity index (χ3v) is 2.50. The smallest absolute Gasteiger partial charge is 0.147 e. The van der Waals surface area contributed by atoms with E-state index < -0.39 is 0 Å². The van der Waals surface area contributed by atoms with Gasteiger partial charge in [-0.2, -0.15) is 0 Å². The Kier molecular flexibility index (Phi) is 2.94. The Labute approximate surface area is 90.5 Å². The molecule has 5 heteroatoms. The van der Waals surface area contributed by atoms with Gasteiger partial charge in [0.25, 0.3) is 0 Å². The topological polar surface area (TPSA) is 38.2 Å². The van der Waals surface area contributed by atoms with Crippen LogP contribution in [0.25, 0.3) is 0 Å². The Hall–Kier alpha value is -0.430. The van der Waals surface area contributed by atoms with Crippen molar-refractivity contribution < 1.29 is 4.74 Å². The SMILES string of the molecule is Ic1cnc(N2CCOCC2)cn1. The highest BCUT2D eigenvalue weighted by Gasteiger charge is 2.11. The van der Waals surface area contributed by atoms with E-state index in [2.05, 4.69) is 37.5 Å². The molecule has 2 heterocycles. The molecule has 70 valence electrons. The van der Waals surface area contributed by atoms with Crippen molar-refractivity contribution >= 4 is 28.4 Å². The largest absolute Gasteiger partial charge is 0.378 e. The number of halogens is 1. The van der Waals surface area contributed by atoms with Gasteiger partial charge >= 0.3 is 0 Å². The monoisotopic (exact) mass is 291 g/mol. The number of morpholine rings is 1. The van der Waals surface area contributed by atoms with E-state index in [1.807, 2.05) is 6.20 Å². The van der Waals surface area contributed by atoms with E-state index in [0.29, 0.717) is 0 Å². The highest BCUT2D eigenvalue weighted by atomic mass is 127. The Morgan fingerprint density at radius 2 is 2.00 bits per heavy atom. The number of anilines is 1. The number of hydrogen-bond acceptors (Lipinski definition) is 4. The van der Waals surface area contributed by atoms with E-state index in [-0.39, 0.29) is 0 Å². The first kappa shape index (κ1) is 9.14. The van der Waals surface area contributed by atoms with Gasteiger partial charge in [0.05, 0.1) is 25.6 Å². The average molecular weight is 291 g/mol. The number of rotatable bonds is 1. The molecule has 0 atom stereocenters. The molecule has 4 nitrogen and oxygen atoms in total. The lowest BCUT2D eigenvalue weighted by molar-refractivity contribution is 0.122. The van der Waals surface area contributed by atoms with Crippen LogP contribution < -0.4 is 4.90 Å². The molecule has 1 aromatic rings. The summed E-state index contributed by atoms with van der Waals surface area (Å²) in [5.41, 5.74) is 0. The van der Waals surface area contributed by atoms with Gasteiger partial charge in [0.15, 0.2) is 0 Å². The minimum absolute atomic E-state index is 0.785. The fraction of sp³-hybridized carbons (Fsp3) is 0.500. The standard InChI is InChI=1S/C8H10IN3O/c9-7-5-11-8(6-10-7)12-1-3-13-4-2-12/h5-6H,1-4H2. The molecule has 0 bridgehead atoms. The van der Waals surface area contributed by atoms with Crippen molar-refractivity contribution in [3.63, 3.8) is 0 Å². The molecule has 2 rings (SSSR count). The zero-order valence-electron chi connectivity index (χ0n) is 7.11. The molecular weight excluding hydrogens is 281 g/mol. The number of aromatic nitrogens is 2. The lowest BCUT2D eigenvalue weighted by Crippen LogP contribution is -2.36. The Morgan fingerprint density at radius 1 is 1.23 bits per heavy atom. The van der Waals surface area contributed by atoms with Crippen molar-refractivity contribution in [2.45, 2.75) is 0 Å². The molecule has 13 heavy (non-hydrogen) atoms. The maximum atomic E-state index is 5.25. The first-order chi connectivity index (χ1) is 6.36. The molecule has 1 fully saturated rings. The third kappa shape index (κ3) is 2.28. The molecule has 0 saturated carbocycles. The fourth-order valence-electron chi connectivity index (χ4n) is 1.26. The van der Waals surface area contributed by atoms with E-state index in [1.54, 1.807) is 6.20 Å². The predicted molar refractivity (Wildman–Crippen MR) is 57.8 cm³/mol. The maximum Gasteiger partial charge on any atom is 0.147 e. The molecule has 0 aliphatic carbocycles. The number of ether oxygens (including phenoxy) is 1. The first-order valence-electron chi connectivity index (χ1n) is 4.16. The Balaban J connectivity index is 2.10. The van der Waals surface area contributed by atoms with Gasteiger partial charge in [-0.3, -0.25) is 0 Å². The summed E-state index contributed by atoms with van der Waals surface area (Å²) in [6.07, 6.45) is 3.60. The third-order valence-electron chi connectivity index (χ3n) is 1.94. The summed E-state index contributed by atoms with van der Waals surface area (Å²) in [4.78, 5) is 10.7. The van der Waals surface area contributed by atoms with E-state index >= 15 is 0 Å². The van der Waals surface area contributed by atoms with E-state index in [1.165, 1.54) is 0 Å². The summed E-state index contributed by atoms with van der Waals surface area (Å²) >= 11 is 2.15. The molecule has 0 aromatic carbocycles. The summed E-state index contributed by atoms with van der Waals surface area (Å²) in [6, 6.07) is 0. The molecule has 0 amide bonds. The predicted octanol–water partition coefficient (Wildman–Crippen LogP) is 0.918. The van der Waals surface area contributed by atoms with E-state index in [4.69, 9.17) is 4.74 Å². The van der Waals surface area contributed by atoms with Gasteiger partial charge in [-0.15, -0.1) is 0 Å². The molecule has 1 aliphatic heterocycles. The second-order valence-corrected chi connectivity index (χ2v) is 3.90.